The maximum atomic E-state index is 12.5. The lowest BCUT2D eigenvalue weighted by atomic mass is 10.0. The van der Waals surface area contributed by atoms with Gasteiger partial charge in [-0.2, -0.15) is 0 Å². The van der Waals surface area contributed by atoms with Crippen LogP contribution in [0.2, 0.25) is 0 Å². The number of morpholine rings is 1. The van der Waals surface area contributed by atoms with Crippen LogP contribution in [0.25, 0.3) is 0 Å². The number of carbonyl (C=O) groups is 1. The lowest BCUT2D eigenvalue weighted by molar-refractivity contribution is -0.0255. The predicted octanol–water partition coefficient (Wildman–Crippen LogP) is 2.95. The van der Waals surface area contributed by atoms with Gasteiger partial charge in [0.1, 0.15) is 0 Å². The number of benzene rings is 1. The number of hydrogen-bond donors (Lipinski definition) is 0. The second-order valence-electron chi connectivity index (χ2n) is 5.86. The van der Waals surface area contributed by atoms with Crippen LogP contribution in [0, 0.1) is 0 Å². The fraction of sp³-hybridized carbons (Fsp3) is 0.368. The van der Waals surface area contributed by atoms with Gasteiger partial charge in [0, 0.05) is 25.5 Å². The van der Waals surface area contributed by atoms with Gasteiger partial charge in [-0.1, -0.05) is 30.3 Å². The summed E-state index contributed by atoms with van der Waals surface area (Å²) in [5.74, 6) is 0.0504. The van der Waals surface area contributed by atoms with E-state index in [9.17, 15) is 4.79 Å². The first-order valence-electron chi connectivity index (χ1n) is 8.18. The van der Waals surface area contributed by atoms with Gasteiger partial charge in [-0.3, -0.25) is 9.78 Å². The molecule has 3 rings (SSSR count). The van der Waals surface area contributed by atoms with Crippen molar-refractivity contribution in [2.75, 3.05) is 19.7 Å². The Bertz CT molecular complexity index is 616. The van der Waals surface area contributed by atoms with Crippen molar-refractivity contribution >= 4 is 5.91 Å². The molecule has 1 saturated heterocycles. The molecular weight excluding hydrogens is 288 g/mol. The van der Waals surface area contributed by atoms with Crippen LogP contribution in [0.15, 0.2) is 54.9 Å². The van der Waals surface area contributed by atoms with Crippen molar-refractivity contribution in [3.8, 4) is 0 Å². The number of aromatic nitrogens is 1. The zero-order valence-electron chi connectivity index (χ0n) is 13.2. The van der Waals surface area contributed by atoms with Gasteiger partial charge in [0.05, 0.1) is 18.3 Å². The Balaban J connectivity index is 1.49. The third kappa shape index (κ3) is 4.39. The van der Waals surface area contributed by atoms with E-state index in [1.54, 1.807) is 18.5 Å². The molecule has 0 bridgehead atoms. The molecule has 0 saturated carbocycles. The molecule has 1 atom stereocenters. The summed E-state index contributed by atoms with van der Waals surface area (Å²) >= 11 is 0. The maximum Gasteiger partial charge on any atom is 0.255 e. The molecule has 4 nitrogen and oxygen atoms in total. The van der Waals surface area contributed by atoms with E-state index in [0.717, 1.165) is 19.3 Å². The van der Waals surface area contributed by atoms with E-state index >= 15 is 0 Å². The average Bonchev–Trinajstić information content (AvgIpc) is 2.63. The molecule has 0 N–H and O–H groups in total. The second-order valence-corrected chi connectivity index (χ2v) is 5.86. The molecule has 4 heteroatoms. The highest BCUT2D eigenvalue weighted by Gasteiger charge is 2.24. The Morgan fingerprint density at radius 1 is 1.22 bits per heavy atom. The largest absolute Gasteiger partial charge is 0.375 e. The van der Waals surface area contributed by atoms with Gasteiger partial charge >= 0.3 is 0 Å². The minimum atomic E-state index is 0.0504. The van der Waals surface area contributed by atoms with Crippen LogP contribution < -0.4 is 0 Å². The van der Waals surface area contributed by atoms with Crippen molar-refractivity contribution in [1.29, 1.82) is 0 Å². The van der Waals surface area contributed by atoms with Gasteiger partial charge in [0.25, 0.3) is 5.91 Å². The van der Waals surface area contributed by atoms with Crippen LogP contribution in [-0.4, -0.2) is 41.6 Å². The topological polar surface area (TPSA) is 42.4 Å². The van der Waals surface area contributed by atoms with E-state index in [-0.39, 0.29) is 12.0 Å². The Hall–Kier alpha value is -2.20. The van der Waals surface area contributed by atoms with E-state index < -0.39 is 0 Å². The van der Waals surface area contributed by atoms with Gasteiger partial charge in [-0.15, -0.1) is 0 Å². The van der Waals surface area contributed by atoms with Crippen molar-refractivity contribution < 1.29 is 9.53 Å². The van der Waals surface area contributed by atoms with Crippen LogP contribution in [0.3, 0.4) is 0 Å². The third-order valence-corrected chi connectivity index (χ3v) is 4.17. The molecule has 1 aromatic carbocycles. The second kappa shape index (κ2) is 7.88. The minimum absolute atomic E-state index is 0.0504. The fourth-order valence-corrected chi connectivity index (χ4v) is 2.93. The number of pyridine rings is 1. The van der Waals surface area contributed by atoms with Crippen molar-refractivity contribution in [3.63, 3.8) is 0 Å². The first-order chi connectivity index (χ1) is 11.3. The Kier molecular flexibility index (Phi) is 5.37. The summed E-state index contributed by atoms with van der Waals surface area (Å²) in [6, 6.07) is 14.1. The van der Waals surface area contributed by atoms with Crippen molar-refractivity contribution in [2.24, 2.45) is 0 Å². The molecule has 0 spiro atoms. The summed E-state index contributed by atoms with van der Waals surface area (Å²) in [5, 5.41) is 0. The van der Waals surface area contributed by atoms with Gasteiger partial charge in [-0.25, -0.2) is 0 Å². The quantitative estimate of drug-likeness (QED) is 0.853. The Morgan fingerprint density at radius 3 is 2.87 bits per heavy atom. The van der Waals surface area contributed by atoms with E-state index in [0.29, 0.717) is 25.3 Å². The van der Waals surface area contributed by atoms with Crippen molar-refractivity contribution in [1.82, 2.24) is 9.88 Å². The van der Waals surface area contributed by atoms with Gasteiger partial charge in [0.2, 0.25) is 0 Å². The molecule has 0 radical (unpaired) electrons. The number of hydrogen-bond acceptors (Lipinski definition) is 3. The summed E-state index contributed by atoms with van der Waals surface area (Å²) in [5.41, 5.74) is 2.00. The van der Waals surface area contributed by atoms with Crippen LogP contribution in [0.5, 0.6) is 0 Å². The van der Waals surface area contributed by atoms with Crippen molar-refractivity contribution in [2.45, 2.75) is 25.4 Å². The molecule has 120 valence electrons. The smallest absolute Gasteiger partial charge is 0.255 e. The van der Waals surface area contributed by atoms with Crippen LogP contribution in [0.1, 0.15) is 28.8 Å². The van der Waals surface area contributed by atoms with E-state index in [1.807, 2.05) is 17.0 Å². The normalized spacial score (nSPS) is 17.9. The molecule has 0 unspecified atom stereocenters. The summed E-state index contributed by atoms with van der Waals surface area (Å²) in [4.78, 5) is 18.4. The summed E-state index contributed by atoms with van der Waals surface area (Å²) < 4.78 is 5.82. The highest BCUT2D eigenvalue weighted by atomic mass is 16.5. The lowest BCUT2D eigenvalue weighted by Gasteiger charge is -2.33. The molecular formula is C19H22N2O2. The molecule has 1 fully saturated rings. The fourth-order valence-electron chi connectivity index (χ4n) is 2.93. The maximum absolute atomic E-state index is 12.5. The van der Waals surface area contributed by atoms with E-state index in [2.05, 4.69) is 29.2 Å². The van der Waals surface area contributed by atoms with E-state index in [4.69, 9.17) is 4.74 Å². The number of carbonyl (C=O) groups excluding carboxylic acids is 1. The number of ether oxygens (including phenoxy) is 1. The molecule has 23 heavy (non-hydrogen) atoms. The zero-order valence-corrected chi connectivity index (χ0v) is 13.2. The Labute approximate surface area is 137 Å². The van der Waals surface area contributed by atoms with Crippen LogP contribution in [0.4, 0.5) is 0 Å². The first-order valence-corrected chi connectivity index (χ1v) is 8.18. The number of nitrogens with zero attached hydrogens (tertiary/aromatic N) is 2. The first kappa shape index (κ1) is 15.7. The molecule has 1 aromatic heterocycles. The van der Waals surface area contributed by atoms with Crippen molar-refractivity contribution in [3.05, 3.63) is 66.0 Å². The number of rotatable bonds is 5. The number of aryl methyl sites for hydroxylation is 1. The summed E-state index contributed by atoms with van der Waals surface area (Å²) in [7, 11) is 0. The lowest BCUT2D eigenvalue weighted by Crippen LogP contribution is -2.45. The van der Waals surface area contributed by atoms with E-state index in [1.165, 1.54) is 5.56 Å². The van der Waals surface area contributed by atoms with Gasteiger partial charge in [-0.05, 0) is 37.0 Å². The molecule has 1 aliphatic rings. The highest BCUT2D eigenvalue weighted by molar-refractivity contribution is 5.93. The van der Waals surface area contributed by atoms with Crippen LogP contribution in [-0.2, 0) is 11.2 Å². The molecule has 2 aromatic rings. The molecule has 1 aliphatic heterocycles. The molecule has 2 heterocycles. The zero-order chi connectivity index (χ0) is 15.9. The number of amides is 1. The van der Waals surface area contributed by atoms with Gasteiger partial charge < -0.3 is 9.64 Å². The molecule has 1 amide bonds. The summed E-state index contributed by atoms with van der Waals surface area (Å²) in [6.45, 7) is 1.94. The third-order valence-electron chi connectivity index (χ3n) is 4.17. The highest BCUT2D eigenvalue weighted by Crippen LogP contribution is 2.15. The molecule has 0 aliphatic carbocycles. The average molecular weight is 310 g/mol. The monoisotopic (exact) mass is 310 g/mol. The SMILES string of the molecule is O=C(c1cccnc1)N1CCO[C@H](CCCc2ccccc2)C1. The predicted molar refractivity (Wildman–Crippen MR) is 89.3 cm³/mol. The van der Waals surface area contributed by atoms with Crippen LogP contribution >= 0.6 is 0 Å². The Morgan fingerprint density at radius 2 is 2.09 bits per heavy atom. The minimum Gasteiger partial charge on any atom is -0.375 e. The standard InChI is InChI=1S/C19H22N2O2/c22-19(17-9-5-11-20-14-17)21-12-13-23-18(15-21)10-4-8-16-6-2-1-3-7-16/h1-3,5-7,9,11,14,18H,4,8,10,12-13,15H2/t18-/m1/s1. The van der Waals surface area contributed by atoms with Gasteiger partial charge in [0.15, 0.2) is 0 Å². The summed E-state index contributed by atoms with van der Waals surface area (Å²) in [6.07, 6.45) is 6.55.